The Balaban J connectivity index is 2.44. The molecule has 112 valence electrons. The zero-order valence-electron chi connectivity index (χ0n) is 12.3. The summed E-state index contributed by atoms with van der Waals surface area (Å²) in [7, 11) is 0. The van der Waals surface area contributed by atoms with Crippen LogP contribution in [0.2, 0.25) is 10.0 Å². The smallest absolute Gasteiger partial charge is 0.307 e. The number of esters is 1. The minimum atomic E-state index is -0.442. The molecule has 0 aliphatic carbocycles. The lowest BCUT2D eigenvalue weighted by Gasteiger charge is -2.20. The molecule has 5 heteroatoms. The lowest BCUT2D eigenvalue weighted by molar-refractivity contribution is -0.154. The maximum atomic E-state index is 11.6. The molecule has 0 aliphatic rings. The number of ether oxygens (including phenoxy) is 1. The van der Waals surface area contributed by atoms with E-state index in [-0.39, 0.29) is 12.0 Å². The molecule has 1 atom stereocenters. The molecule has 1 aromatic carbocycles. The molecule has 0 heterocycles. The Labute approximate surface area is 130 Å². The Morgan fingerprint density at radius 3 is 2.55 bits per heavy atom. The van der Waals surface area contributed by atoms with E-state index >= 15 is 0 Å². The van der Waals surface area contributed by atoms with Gasteiger partial charge in [-0.25, -0.2) is 0 Å². The molecular formula is C15H21Cl2NO2. The summed E-state index contributed by atoms with van der Waals surface area (Å²) < 4.78 is 5.24. The molecule has 0 fully saturated rings. The lowest BCUT2D eigenvalue weighted by atomic mass is 10.1. The Morgan fingerprint density at radius 1 is 1.35 bits per heavy atom. The summed E-state index contributed by atoms with van der Waals surface area (Å²) in [5.41, 5.74) is 0.516. The number of nitrogens with one attached hydrogen (secondary N) is 1. The highest BCUT2D eigenvalue weighted by Crippen LogP contribution is 2.25. The van der Waals surface area contributed by atoms with Gasteiger partial charge in [0, 0.05) is 22.6 Å². The van der Waals surface area contributed by atoms with Gasteiger partial charge in [0.1, 0.15) is 5.60 Å². The van der Waals surface area contributed by atoms with Gasteiger partial charge in [-0.15, -0.1) is 0 Å². The van der Waals surface area contributed by atoms with Gasteiger partial charge in [-0.2, -0.15) is 0 Å². The quantitative estimate of drug-likeness (QED) is 0.819. The van der Waals surface area contributed by atoms with Gasteiger partial charge in [-0.1, -0.05) is 29.3 Å². The molecule has 1 aromatic rings. The maximum absolute atomic E-state index is 11.6. The van der Waals surface area contributed by atoms with Crippen molar-refractivity contribution in [2.45, 2.75) is 45.8 Å². The predicted octanol–water partition coefficient (Wildman–Crippen LogP) is 4.38. The van der Waals surface area contributed by atoms with Crippen LogP contribution in [0.25, 0.3) is 0 Å². The molecule has 0 aliphatic heterocycles. The summed E-state index contributed by atoms with van der Waals surface area (Å²) in [5, 5.41) is 4.48. The minimum absolute atomic E-state index is 0.0437. The zero-order chi connectivity index (χ0) is 15.3. The van der Waals surface area contributed by atoms with Crippen LogP contribution in [0.3, 0.4) is 0 Å². The van der Waals surface area contributed by atoms with Crippen molar-refractivity contribution in [1.29, 1.82) is 0 Å². The van der Waals surface area contributed by atoms with E-state index in [9.17, 15) is 4.79 Å². The van der Waals surface area contributed by atoms with Crippen molar-refractivity contribution in [2.24, 2.45) is 0 Å². The Hall–Kier alpha value is -0.770. The monoisotopic (exact) mass is 317 g/mol. The molecule has 0 aromatic heterocycles. The fourth-order valence-electron chi connectivity index (χ4n) is 1.75. The third-order valence-corrected chi connectivity index (χ3v) is 3.19. The Kier molecular flexibility index (Phi) is 6.31. The van der Waals surface area contributed by atoms with Crippen molar-refractivity contribution in [1.82, 2.24) is 5.32 Å². The second-order valence-corrected chi connectivity index (χ2v) is 6.52. The van der Waals surface area contributed by atoms with Crippen LogP contribution in [0.15, 0.2) is 18.2 Å². The number of carbonyl (C=O) groups is 1. The molecule has 0 bridgehead atoms. The summed E-state index contributed by atoms with van der Waals surface area (Å²) in [6, 6.07) is 5.44. The fourth-order valence-corrected chi connectivity index (χ4v) is 2.32. The van der Waals surface area contributed by atoms with E-state index in [4.69, 9.17) is 27.9 Å². The second-order valence-electron chi connectivity index (χ2n) is 5.68. The van der Waals surface area contributed by atoms with Crippen LogP contribution in [0.5, 0.6) is 0 Å². The van der Waals surface area contributed by atoms with Crippen molar-refractivity contribution in [3.63, 3.8) is 0 Å². The topological polar surface area (TPSA) is 38.3 Å². The maximum Gasteiger partial charge on any atom is 0.307 e. The van der Waals surface area contributed by atoms with Crippen molar-refractivity contribution >= 4 is 29.2 Å². The first-order valence-corrected chi connectivity index (χ1v) is 7.35. The molecule has 0 spiro atoms. The molecule has 0 saturated heterocycles. The van der Waals surface area contributed by atoms with Crippen molar-refractivity contribution < 1.29 is 9.53 Å². The highest BCUT2D eigenvalue weighted by Gasteiger charge is 2.16. The number of carbonyl (C=O) groups excluding carboxylic acids is 1. The average Bonchev–Trinajstić information content (AvgIpc) is 2.25. The zero-order valence-corrected chi connectivity index (χ0v) is 13.8. The van der Waals surface area contributed by atoms with Crippen molar-refractivity contribution in [3.05, 3.63) is 33.8 Å². The predicted molar refractivity (Wildman–Crippen MR) is 83.3 cm³/mol. The van der Waals surface area contributed by atoms with E-state index in [2.05, 4.69) is 5.32 Å². The largest absolute Gasteiger partial charge is 0.460 e. The van der Waals surface area contributed by atoms with Crippen LogP contribution < -0.4 is 5.32 Å². The van der Waals surface area contributed by atoms with Gasteiger partial charge in [-0.05, 0) is 45.4 Å². The third-order valence-electron chi connectivity index (χ3n) is 2.63. The second kappa shape index (κ2) is 7.30. The van der Waals surface area contributed by atoms with Gasteiger partial charge in [0.2, 0.25) is 0 Å². The Bertz CT molecular complexity index is 469. The van der Waals surface area contributed by atoms with E-state index in [1.807, 2.05) is 33.8 Å². The third kappa shape index (κ3) is 6.12. The highest BCUT2D eigenvalue weighted by molar-refractivity contribution is 6.35. The van der Waals surface area contributed by atoms with Gasteiger partial charge in [-0.3, -0.25) is 4.79 Å². The molecule has 0 radical (unpaired) electrons. The molecule has 20 heavy (non-hydrogen) atoms. The van der Waals surface area contributed by atoms with Crippen LogP contribution >= 0.6 is 23.2 Å². The van der Waals surface area contributed by atoms with Gasteiger partial charge in [0.05, 0.1) is 6.42 Å². The number of halogens is 2. The fraction of sp³-hybridized carbons (Fsp3) is 0.533. The molecule has 1 N–H and O–H groups in total. The average molecular weight is 318 g/mol. The van der Waals surface area contributed by atoms with Gasteiger partial charge < -0.3 is 10.1 Å². The molecule has 3 nitrogen and oxygen atoms in total. The SMILES string of the molecule is CC(NCCC(=O)OC(C)(C)C)c1ccc(Cl)cc1Cl. The summed E-state index contributed by atoms with van der Waals surface area (Å²) in [5.74, 6) is -0.209. The highest BCUT2D eigenvalue weighted by atomic mass is 35.5. The summed E-state index contributed by atoms with van der Waals surface area (Å²) in [4.78, 5) is 11.6. The van der Waals surface area contributed by atoms with Crippen LogP contribution in [-0.4, -0.2) is 18.1 Å². The Morgan fingerprint density at radius 2 is 2.00 bits per heavy atom. The molecular weight excluding hydrogens is 297 g/mol. The van der Waals surface area contributed by atoms with Crippen LogP contribution in [0.4, 0.5) is 0 Å². The first-order chi connectivity index (χ1) is 9.19. The van der Waals surface area contributed by atoms with E-state index in [0.29, 0.717) is 23.0 Å². The summed E-state index contributed by atoms with van der Waals surface area (Å²) in [6.07, 6.45) is 0.326. The normalized spacial score (nSPS) is 13.1. The van der Waals surface area contributed by atoms with Crippen molar-refractivity contribution in [2.75, 3.05) is 6.54 Å². The van der Waals surface area contributed by atoms with Crippen molar-refractivity contribution in [3.8, 4) is 0 Å². The number of benzene rings is 1. The van der Waals surface area contributed by atoms with E-state index < -0.39 is 5.60 Å². The number of hydrogen-bond donors (Lipinski definition) is 1. The molecule has 0 amide bonds. The molecule has 1 rings (SSSR count). The first-order valence-electron chi connectivity index (χ1n) is 6.59. The first kappa shape index (κ1) is 17.3. The van der Waals surface area contributed by atoms with E-state index in [1.165, 1.54) is 0 Å². The number of rotatable bonds is 5. The molecule has 1 unspecified atom stereocenters. The van der Waals surface area contributed by atoms with Gasteiger partial charge in [0.15, 0.2) is 0 Å². The van der Waals surface area contributed by atoms with Crippen LogP contribution in [0, 0.1) is 0 Å². The number of hydrogen-bond acceptors (Lipinski definition) is 3. The minimum Gasteiger partial charge on any atom is -0.460 e. The summed E-state index contributed by atoms with van der Waals surface area (Å²) >= 11 is 12.0. The van der Waals surface area contributed by atoms with Gasteiger partial charge >= 0.3 is 5.97 Å². The molecule has 0 saturated carbocycles. The lowest BCUT2D eigenvalue weighted by Crippen LogP contribution is -2.27. The van der Waals surface area contributed by atoms with E-state index in [1.54, 1.807) is 12.1 Å². The standard InChI is InChI=1S/C15H21Cl2NO2/c1-10(12-6-5-11(16)9-13(12)17)18-8-7-14(19)20-15(2,3)4/h5-6,9-10,18H,7-8H2,1-4H3. The van der Waals surface area contributed by atoms with E-state index in [0.717, 1.165) is 5.56 Å². The van der Waals surface area contributed by atoms with Crippen LogP contribution in [-0.2, 0) is 9.53 Å². The van der Waals surface area contributed by atoms with Gasteiger partial charge in [0.25, 0.3) is 0 Å². The van der Waals surface area contributed by atoms with Crippen LogP contribution in [0.1, 0.15) is 45.7 Å². The summed E-state index contributed by atoms with van der Waals surface area (Å²) in [6.45, 7) is 8.09.